The Morgan fingerprint density at radius 1 is 1.28 bits per heavy atom. The molecule has 3 nitrogen and oxygen atoms in total. The SMILES string of the molecule is COc1ccc(C)cc1CNCCCNC1CC1. The second kappa shape index (κ2) is 6.76. The molecule has 0 bridgehead atoms. The third kappa shape index (κ3) is 4.31. The normalized spacial score (nSPS) is 14.8. The Kier molecular flexibility index (Phi) is 5.02. The van der Waals surface area contributed by atoms with Gasteiger partial charge in [0, 0.05) is 18.2 Å². The summed E-state index contributed by atoms with van der Waals surface area (Å²) in [6.45, 7) is 5.18. The maximum Gasteiger partial charge on any atom is 0.123 e. The van der Waals surface area contributed by atoms with Gasteiger partial charge in [-0.2, -0.15) is 0 Å². The third-order valence-corrected chi connectivity index (χ3v) is 3.29. The van der Waals surface area contributed by atoms with Crippen molar-refractivity contribution in [3.8, 4) is 5.75 Å². The first-order valence-electron chi connectivity index (χ1n) is 6.87. The van der Waals surface area contributed by atoms with Crippen LogP contribution in [0.5, 0.6) is 5.75 Å². The van der Waals surface area contributed by atoms with Gasteiger partial charge >= 0.3 is 0 Å². The molecule has 3 heteroatoms. The fourth-order valence-electron chi connectivity index (χ4n) is 2.08. The molecule has 2 N–H and O–H groups in total. The van der Waals surface area contributed by atoms with Crippen molar-refractivity contribution in [2.24, 2.45) is 0 Å². The first-order valence-corrected chi connectivity index (χ1v) is 6.87. The van der Waals surface area contributed by atoms with Crippen molar-refractivity contribution < 1.29 is 4.74 Å². The number of rotatable bonds is 8. The van der Waals surface area contributed by atoms with Crippen molar-refractivity contribution >= 4 is 0 Å². The summed E-state index contributed by atoms with van der Waals surface area (Å²) in [6, 6.07) is 7.14. The average Bonchev–Trinajstić information content (AvgIpc) is 3.18. The zero-order chi connectivity index (χ0) is 12.8. The van der Waals surface area contributed by atoms with Crippen LogP contribution in [0.1, 0.15) is 30.4 Å². The number of benzene rings is 1. The van der Waals surface area contributed by atoms with Crippen LogP contribution in [0.25, 0.3) is 0 Å². The third-order valence-electron chi connectivity index (χ3n) is 3.29. The summed E-state index contributed by atoms with van der Waals surface area (Å²) >= 11 is 0. The van der Waals surface area contributed by atoms with Crippen LogP contribution in [0.2, 0.25) is 0 Å². The molecule has 0 aliphatic heterocycles. The Hall–Kier alpha value is -1.06. The zero-order valence-corrected chi connectivity index (χ0v) is 11.5. The summed E-state index contributed by atoms with van der Waals surface area (Å²) in [5.41, 5.74) is 2.52. The van der Waals surface area contributed by atoms with Gasteiger partial charge in [-0.05, 0) is 45.3 Å². The Bertz CT molecular complexity index is 375. The Morgan fingerprint density at radius 3 is 2.83 bits per heavy atom. The smallest absolute Gasteiger partial charge is 0.123 e. The van der Waals surface area contributed by atoms with Crippen molar-refractivity contribution in [2.75, 3.05) is 20.2 Å². The van der Waals surface area contributed by atoms with Crippen molar-refractivity contribution in [2.45, 2.75) is 38.8 Å². The van der Waals surface area contributed by atoms with E-state index in [1.807, 2.05) is 6.07 Å². The van der Waals surface area contributed by atoms with Crippen LogP contribution in [0.4, 0.5) is 0 Å². The summed E-state index contributed by atoms with van der Waals surface area (Å²) in [4.78, 5) is 0. The molecule has 0 radical (unpaired) electrons. The Balaban J connectivity index is 1.66. The fraction of sp³-hybridized carbons (Fsp3) is 0.600. The highest BCUT2D eigenvalue weighted by atomic mass is 16.5. The van der Waals surface area contributed by atoms with Crippen molar-refractivity contribution in [3.63, 3.8) is 0 Å². The molecule has 1 fully saturated rings. The van der Waals surface area contributed by atoms with Crippen LogP contribution in [0.3, 0.4) is 0 Å². The summed E-state index contributed by atoms with van der Waals surface area (Å²) in [6.07, 6.45) is 3.92. The van der Waals surface area contributed by atoms with E-state index in [-0.39, 0.29) is 0 Å². The minimum Gasteiger partial charge on any atom is -0.496 e. The lowest BCUT2D eigenvalue weighted by Crippen LogP contribution is -2.23. The lowest BCUT2D eigenvalue weighted by Gasteiger charge is -2.10. The topological polar surface area (TPSA) is 33.3 Å². The number of nitrogens with one attached hydrogen (secondary N) is 2. The fourth-order valence-corrected chi connectivity index (χ4v) is 2.08. The van der Waals surface area contributed by atoms with Gasteiger partial charge in [0.05, 0.1) is 7.11 Å². The van der Waals surface area contributed by atoms with E-state index in [2.05, 4.69) is 29.7 Å². The van der Waals surface area contributed by atoms with Crippen LogP contribution in [0.15, 0.2) is 18.2 Å². The van der Waals surface area contributed by atoms with Crippen LogP contribution in [0, 0.1) is 6.92 Å². The molecular weight excluding hydrogens is 224 g/mol. The summed E-state index contributed by atoms with van der Waals surface area (Å²) < 4.78 is 5.37. The molecule has 1 saturated carbocycles. The minimum absolute atomic E-state index is 0.821. The number of ether oxygens (including phenoxy) is 1. The van der Waals surface area contributed by atoms with Crippen LogP contribution >= 0.6 is 0 Å². The van der Waals surface area contributed by atoms with Crippen LogP contribution < -0.4 is 15.4 Å². The van der Waals surface area contributed by atoms with Gasteiger partial charge in [-0.15, -0.1) is 0 Å². The summed E-state index contributed by atoms with van der Waals surface area (Å²) in [5, 5.41) is 7.00. The van der Waals surface area contributed by atoms with E-state index < -0.39 is 0 Å². The molecule has 0 amide bonds. The van der Waals surface area contributed by atoms with E-state index in [4.69, 9.17) is 4.74 Å². The maximum atomic E-state index is 5.37. The predicted molar refractivity (Wildman–Crippen MR) is 75.1 cm³/mol. The molecule has 1 aliphatic rings. The monoisotopic (exact) mass is 248 g/mol. The van der Waals surface area contributed by atoms with E-state index in [1.54, 1.807) is 7.11 Å². The lowest BCUT2D eigenvalue weighted by atomic mass is 10.1. The molecular formula is C15H24N2O. The lowest BCUT2D eigenvalue weighted by molar-refractivity contribution is 0.407. The first kappa shape index (κ1) is 13.4. The van der Waals surface area contributed by atoms with Crippen LogP contribution in [-0.2, 0) is 6.54 Å². The number of hydrogen-bond acceptors (Lipinski definition) is 3. The van der Waals surface area contributed by atoms with Crippen molar-refractivity contribution in [1.29, 1.82) is 0 Å². The molecule has 0 heterocycles. The molecule has 0 atom stereocenters. The van der Waals surface area contributed by atoms with Gasteiger partial charge in [-0.25, -0.2) is 0 Å². The molecule has 1 aromatic carbocycles. The molecule has 0 aromatic heterocycles. The second-order valence-electron chi connectivity index (χ2n) is 5.07. The average molecular weight is 248 g/mol. The Morgan fingerprint density at radius 2 is 2.11 bits per heavy atom. The van der Waals surface area contributed by atoms with E-state index in [9.17, 15) is 0 Å². The number of methoxy groups -OCH3 is 1. The quantitative estimate of drug-likeness (QED) is 0.692. The summed E-state index contributed by atoms with van der Waals surface area (Å²) in [5.74, 6) is 0.976. The second-order valence-corrected chi connectivity index (χ2v) is 5.07. The van der Waals surface area contributed by atoms with Crippen molar-refractivity contribution in [3.05, 3.63) is 29.3 Å². The standard InChI is InChI=1S/C15H24N2O/c1-12-4-7-15(18-2)13(10-12)11-16-8-3-9-17-14-5-6-14/h4,7,10,14,16-17H,3,5-6,8-9,11H2,1-2H3. The van der Waals surface area contributed by atoms with Gasteiger partial charge in [0.1, 0.15) is 5.75 Å². The van der Waals surface area contributed by atoms with Gasteiger partial charge in [-0.3, -0.25) is 0 Å². The summed E-state index contributed by atoms with van der Waals surface area (Å²) in [7, 11) is 1.73. The number of hydrogen-bond donors (Lipinski definition) is 2. The molecule has 0 saturated heterocycles. The van der Waals surface area contributed by atoms with Crippen LogP contribution in [-0.4, -0.2) is 26.2 Å². The highest BCUT2D eigenvalue weighted by Gasteiger charge is 2.19. The molecule has 2 rings (SSSR count). The molecule has 1 aromatic rings. The van der Waals surface area contributed by atoms with Gasteiger partial charge in [0.2, 0.25) is 0 Å². The van der Waals surface area contributed by atoms with Gasteiger partial charge in [0.15, 0.2) is 0 Å². The largest absolute Gasteiger partial charge is 0.496 e. The first-order chi connectivity index (χ1) is 8.79. The van der Waals surface area contributed by atoms with Gasteiger partial charge in [-0.1, -0.05) is 17.7 Å². The zero-order valence-electron chi connectivity index (χ0n) is 11.5. The minimum atomic E-state index is 0.821. The number of aryl methyl sites for hydroxylation is 1. The molecule has 0 spiro atoms. The van der Waals surface area contributed by atoms with Gasteiger partial charge in [0.25, 0.3) is 0 Å². The van der Waals surface area contributed by atoms with E-state index >= 15 is 0 Å². The molecule has 1 aliphatic carbocycles. The highest BCUT2D eigenvalue weighted by molar-refractivity contribution is 5.36. The van der Waals surface area contributed by atoms with E-state index in [0.717, 1.165) is 31.4 Å². The molecule has 100 valence electrons. The molecule has 0 unspecified atom stereocenters. The van der Waals surface area contributed by atoms with E-state index in [1.165, 1.54) is 30.4 Å². The predicted octanol–water partition coefficient (Wildman–Crippen LogP) is 2.24. The maximum absolute atomic E-state index is 5.37. The van der Waals surface area contributed by atoms with E-state index in [0.29, 0.717) is 0 Å². The highest BCUT2D eigenvalue weighted by Crippen LogP contribution is 2.19. The molecule has 18 heavy (non-hydrogen) atoms. The van der Waals surface area contributed by atoms with Crippen molar-refractivity contribution in [1.82, 2.24) is 10.6 Å². The Labute approximate surface area is 110 Å². The van der Waals surface area contributed by atoms with Gasteiger partial charge < -0.3 is 15.4 Å².